The zero-order valence-electron chi connectivity index (χ0n) is 13.2. The third-order valence-electron chi connectivity index (χ3n) is 3.45. The average molecular weight is 351 g/mol. The van der Waals surface area contributed by atoms with Crippen molar-refractivity contribution >= 4 is 17.4 Å². The summed E-state index contributed by atoms with van der Waals surface area (Å²) in [5, 5.41) is 28.7. The Bertz CT molecular complexity index is 932. The molecule has 25 heavy (non-hydrogen) atoms. The molecule has 8 heteroatoms. The van der Waals surface area contributed by atoms with Crippen molar-refractivity contribution in [1.29, 1.82) is 5.26 Å². The SMILES string of the molecule is C[C@H](C#N)Sc1nnc(-c2ccc([N+](=O)[O-])cc2)n1-c1ccccc1. The number of non-ortho nitro benzene ring substituents is 1. The number of hydrogen-bond acceptors (Lipinski definition) is 6. The summed E-state index contributed by atoms with van der Waals surface area (Å²) in [5.41, 5.74) is 1.58. The van der Waals surface area contributed by atoms with E-state index in [1.165, 1.54) is 23.9 Å². The Morgan fingerprint density at radius 1 is 1.16 bits per heavy atom. The summed E-state index contributed by atoms with van der Waals surface area (Å²) in [6.07, 6.45) is 0. The molecule has 0 fully saturated rings. The Labute approximate surface area is 148 Å². The Morgan fingerprint density at radius 2 is 1.84 bits per heavy atom. The average Bonchev–Trinajstić information content (AvgIpc) is 3.05. The number of nitriles is 1. The number of benzene rings is 2. The summed E-state index contributed by atoms with van der Waals surface area (Å²) >= 11 is 1.31. The lowest BCUT2D eigenvalue weighted by Crippen LogP contribution is -2.01. The minimum atomic E-state index is -0.443. The predicted octanol–water partition coefficient (Wildman–Crippen LogP) is 3.85. The van der Waals surface area contributed by atoms with Gasteiger partial charge in [-0.05, 0) is 31.2 Å². The largest absolute Gasteiger partial charge is 0.270 e. The van der Waals surface area contributed by atoms with E-state index in [0.29, 0.717) is 16.5 Å². The number of para-hydroxylation sites is 1. The van der Waals surface area contributed by atoms with Gasteiger partial charge in [0.25, 0.3) is 5.69 Å². The van der Waals surface area contributed by atoms with Crippen LogP contribution in [0, 0.1) is 21.4 Å². The molecule has 2 aromatic carbocycles. The van der Waals surface area contributed by atoms with Gasteiger partial charge in [0.05, 0.1) is 16.2 Å². The van der Waals surface area contributed by atoms with Crippen LogP contribution in [0.25, 0.3) is 17.1 Å². The van der Waals surface area contributed by atoms with E-state index in [-0.39, 0.29) is 10.9 Å². The van der Waals surface area contributed by atoms with Gasteiger partial charge >= 0.3 is 0 Å². The maximum Gasteiger partial charge on any atom is 0.269 e. The van der Waals surface area contributed by atoms with Gasteiger partial charge in [-0.15, -0.1) is 10.2 Å². The van der Waals surface area contributed by atoms with E-state index in [4.69, 9.17) is 5.26 Å². The first-order valence-corrected chi connectivity index (χ1v) is 8.30. The van der Waals surface area contributed by atoms with Crippen LogP contribution in [-0.4, -0.2) is 24.9 Å². The molecular formula is C17H13N5O2S. The van der Waals surface area contributed by atoms with Crippen LogP contribution in [0.4, 0.5) is 5.69 Å². The Balaban J connectivity index is 2.10. The molecule has 3 rings (SSSR count). The maximum atomic E-state index is 10.8. The van der Waals surface area contributed by atoms with Crippen LogP contribution in [0.15, 0.2) is 59.8 Å². The number of nitrogens with zero attached hydrogens (tertiary/aromatic N) is 5. The Hall–Kier alpha value is -3.18. The summed E-state index contributed by atoms with van der Waals surface area (Å²) in [5.74, 6) is 0.564. The highest BCUT2D eigenvalue weighted by molar-refractivity contribution is 8.00. The van der Waals surface area contributed by atoms with E-state index < -0.39 is 4.92 Å². The fraction of sp³-hybridized carbons (Fsp3) is 0.118. The number of nitro benzene ring substituents is 1. The molecule has 0 radical (unpaired) electrons. The van der Waals surface area contributed by atoms with Gasteiger partial charge in [-0.1, -0.05) is 30.0 Å². The molecule has 0 bridgehead atoms. The second-order valence-corrected chi connectivity index (χ2v) is 6.48. The number of nitro groups is 1. The molecule has 0 saturated heterocycles. The van der Waals surface area contributed by atoms with Crippen molar-refractivity contribution in [2.75, 3.05) is 0 Å². The quantitative estimate of drug-likeness (QED) is 0.393. The number of thioether (sulfide) groups is 1. The van der Waals surface area contributed by atoms with Crippen LogP contribution in [0.2, 0.25) is 0 Å². The molecule has 1 atom stereocenters. The molecule has 1 aromatic heterocycles. The molecule has 0 amide bonds. The first-order valence-electron chi connectivity index (χ1n) is 7.42. The lowest BCUT2D eigenvalue weighted by molar-refractivity contribution is -0.384. The first kappa shape index (κ1) is 16.7. The topological polar surface area (TPSA) is 97.6 Å². The molecule has 0 N–H and O–H groups in total. The van der Waals surface area contributed by atoms with E-state index in [9.17, 15) is 10.1 Å². The number of rotatable bonds is 5. The van der Waals surface area contributed by atoms with E-state index >= 15 is 0 Å². The molecule has 0 aliphatic carbocycles. The van der Waals surface area contributed by atoms with E-state index in [1.54, 1.807) is 19.1 Å². The smallest absolute Gasteiger partial charge is 0.269 e. The lowest BCUT2D eigenvalue weighted by Gasteiger charge is -2.10. The molecule has 0 aliphatic rings. The van der Waals surface area contributed by atoms with Crippen LogP contribution >= 0.6 is 11.8 Å². The van der Waals surface area contributed by atoms with E-state index in [0.717, 1.165) is 5.69 Å². The molecule has 1 heterocycles. The molecule has 0 unspecified atom stereocenters. The van der Waals surface area contributed by atoms with Crippen molar-refractivity contribution in [1.82, 2.24) is 14.8 Å². The van der Waals surface area contributed by atoms with Crippen molar-refractivity contribution in [3.8, 4) is 23.1 Å². The van der Waals surface area contributed by atoms with Gasteiger partial charge in [-0.25, -0.2) is 0 Å². The van der Waals surface area contributed by atoms with Gasteiger partial charge in [0.15, 0.2) is 11.0 Å². The van der Waals surface area contributed by atoms with Crippen LogP contribution in [0.1, 0.15) is 6.92 Å². The molecule has 0 aliphatic heterocycles. The van der Waals surface area contributed by atoms with E-state index in [2.05, 4.69) is 16.3 Å². The third-order valence-corrected chi connectivity index (χ3v) is 4.38. The minimum absolute atomic E-state index is 0.0160. The highest BCUT2D eigenvalue weighted by Crippen LogP contribution is 2.30. The first-order chi connectivity index (χ1) is 12.1. The van der Waals surface area contributed by atoms with Gasteiger partial charge in [-0.3, -0.25) is 14.7 Å². The molecule has 0 saturated carbocycles. The standard InChI is InChI=1S/C17H13N5O2S/c1-12(11-18)25-17-20-19-16(21(17)14-5-3-2-4-6-14)13-7-9-15(10-8-13)22(23)24/h2-10,12H,1H3/t12-/m1/s1. The molecule has 124 valence electrons. The van der Waals surface area contributed by atoms with Crippen molar-refractivity contribution < 1.29 is 4.92 Å². The van der Waals surface area contributed by atoms with Crippen LogP contribution in [-0.2, 0) is 0 Å². The predicted molar refractivity (Wildman–Crippen MR) is 94.4 cm³/mol. The number of hydrogen-bond donors (Lipinski definition) is 0. The molecular weight excluding hydrogens is 338 g/mol. The van der Waals surface area contributed by atoms with Gasteiger partial charge in [0, 0.05) is 23.4 Å². The van der Waals surface area contributed by atoms with Gasteiger partial charge in [0.2, 0.25) is 0 Å². The highest BCUT2D eigenvalue weighted by atomic mass is 32.2. The molecule has 3 aromatic rings. The van der Waals surface area contributed by atoms with Crippen molar-refractivity contribution in [2.24, 2.45) is 0 Å². The van der Waals surface area contributed by atoms with E-state index in [1.807, 2.05) is 34.9 Å². The van der Waals surface area contributed by atoms with Crippen molar-refractivity contribution in [3.05, 3.63) is 64.7 Å². The summed E-state index contributed by atoms with van der Waals surface area (Å²) in [6, 6.07) is 17.9. The second kappa shape index (κ2) is 7.15. The normalized spacial score (nSPS) is 11.7. The number of aromatic nitrogens is 3. The van der Waals surface area contributed by atoms with Crippen molar-refractivity contribution in [3.63, 3.8) is 0 Å². The summed E-state index contributed by atoms with van der Waals surface area (Å²) in [6.45, 7) is 1.79. The van der Waals surface area contributed by atoms with Crippen LogP contribution in [0.5, 0.6) is 0 Å². The van der Waals surface area contributed by atoms with Gasteiger partial charge in [0.1, 0.15) is 0 Å². The summed E-state index contributed by atoms with van der Waals surface area (Å²) in [4.78, 5) is 10.4. The van der Waals surface area contributed by atoms with Crippen LogP contribution in [0.3, 0.4) is 0 Å². The second-order valence-electron chi connectivity index (χ2n) is 5.17. The monoisotopic (exact) mass is 351 g/mol. The van der Waals surface area contributed by atoms with Crippen LogP contribution < -0.4 is 0 Å². The highest BCUT2D eigenvalue weighted by Gasteiger charge is 2.18. The maximum absolute atomic E-state index is 10.8. The summed E-state index contributed by atoms with van der Waals surface area (Å²) < 4.78 is 1.85. The Morgan fingerprint density at radius 3 is 2.44 bits per heavy atom. The van der Waals surface area contributed by atoms with Gasteiger partial charge < -0.3 is 0 Å². The van der Waals surface area contributed by atoms with Gasteiger partial charge in [-0.2, -0.15) is 5.26 Å². The zero-order chi connectivity index (χ0) is 17.8. The Kier molecular flexibility index (Phi) is 4.77. The zero-order valence-corrected chi connectivity index (χ0v) is 14.1. The fourth-order valence-electron chi connectivity index (χ4n) is 2.26. The third kappa shape index (κ3) is 3.51. The summed E-state index contributed by atoms with van der Waals surface area (Å²) in [7, 11) is 0. The lowest BCUT2D eigenvalue weighted by atomic mass is 10.2. The minimum Gasteiger partial charge on any atom is -0.270 e. The molecule has 0 spiro atoms. The molecule has 7 nitrogen and oxygen atoms in total. The fourth-order valence-corrected chi connectivity index (χ4v) is 3.01. The van der Waals surface area contributed by atoms with Crippen molar-refractivity contribution in [2.45, 2.75) is 17.3 Å².